The Hall–Kier alpha value is -1.19. The second-order valence-electron chi connectivity index (χ2n) is 4.87. The largest absolute Gasteiger partial charge is 0.304 e. The van der Waals surface area contributed by atoms with Crippen LogP contribution < -0.4 is 0 Å². The lowest BCUT2D eigenvalue weighted by atomic mass is 10.1. The molecule has 0 radical (unpaired) electrons. The smallest absolute Gasteiger partial charge is 0.176 e. The van der Waals surface area contributed by atoms with Crippen LogP contribution >= 0.6 is 0 Å². The van der Waals surface area contributed by atoms with Gasteiger partial charge in [-0.05, 0) is 14.0 Å². The van der Waals surface area contributed by atoms with Crippen molar-refractivity contribution in [2.24, 2.45) is 0 Å². The summed E-state index contributed by atoms with van der Waals surface area (Å²) in [5.74, 6) is 0.224. The van der Waals surface area contributed by atoms with E-state index in [2.05, 4.69) is 23.8 Å². The molecule has 0 bridgehead atoms. The summed E-state index contributed by atoms with van der Waals surface area (Å²) in [5.41, 5.74) is 0.818. The normalized spacial score (nSPS) is 22.6. The minimum absolute atomic E-state index is 0.224. The van der Waals surface area contributed by atoms with Crippen LogP contribution in [-0.4, -0.2) is 54.9 Å². The maximum absolute atomic E-state index is 12.1. The molecule has 1 heterocycles. The van der Waals surface area contributed by atoms with Crippen LogP contribution in [0.25, 0.3) is 0 Å². The molecule has 1 fully saturated rings. The van der Waals surface area contributed by atoms with Crippen molar-refractivity contribution in [3.63, 3.8) is 0 Å². The fourth-order valence-electron chi connectivity index (χ4n) is 2.31. The van der Waals surface area contributed by atoms with E-state index in [0.29, 0.717) is 12.6 Å². The number of ketones is 1. The number of rotatable bonds is 3. The fourth-order valence-corrected chi connectivity index (χ4v) is 2.31. The highest BCUT2D eigenvalue weighted by Crippen LogP contribution is 2.09. The summed E-state index contributed by atoms with van der Waals surface area (Å²) in [6.07, 6.45) is 0. The summed E-state index contributed by atoms with van der Waals surface area (Å²) in [7, 11) is 2.13. The molecule has 1 aromatic rings. The molecule has 0 aliphatic carbocycles. The Balaban J connectivity index is 1.95. The van der Waals surface area contributed by atoms with Crippen molar-refractivity contribution in [1.82, 2.24) is 9.80 Å². The van der Waals surface area contributed by atoms with Gasteiger partial charge in [0, 0.05) is 31.2 Å². The van der Waals surface area contributed by atoms with Gasteiger partial charge in [-0.25, -0.2) is 0 Å². The predicted octanol–water partition coefficient (Wildman–Crippen LogP) is 1.51. The average molecular weight is 232 g/mol. The van der Waals surface area contributed by atoms with Crippen LogP contribution in [0.4, 0.5) is 0 Å². The Kier molecular flexibility index (Phi) is 3.92. The Morgan fingerprint density at radius 3 is 2.65 bits per heavy atom. The van der Waals surface area contributed by atoms with Gasteiger partial charge in [-0.15, -0.1) is 0 Å². The van der Waals surface area contributed by atoms with E-state index < -0.39 is 0 Å². The van der Waals surface area contributed by atoms with Gasteiger partial charge < -0.3 is 4.90 Å². The summed E-state index contributed by atoms with van der Waals surface area (Å²) >= 11 is 0. The lowest BCUT2D eigenvalue weighted by Crippen LogP contribution is -2.51. The number of hydrogen-bond donors (Lipinski definition) is 0. The molecular formula is C14H20N2O. The topological polar surface area (TPSA) is 23.6 Å². The highest BCUT2D eigenvalue weighted by atomic mass is 16.1. The predicted molar refractivity (Wildman–Crippen MR) is 69.3 cm³/mol. The van der Waals surface area contributed by atoms with Crippen molar-refractivity contribution in [1.29, 1.82) is 0 Å². The third-order valence-electron chi connectivity index (χ3n) is 3.41. The third kappa shape index (κ3) is 3.14. The molecule has 0 aromatic heterocycles. The lowest BCUT2D eigenvalue weighted by molar-refractivity contribution is 0.0747. The van der Waals surface area contributed by atoms with Crippen molar-refractivity contribution in [2.45, 2.75) is 13.0 Å². The number of piperazine rings is 1. The Morgan fingerprint density at radius 2 is 2.00 bits per heavy atom. The molecule has 3 heteroatoms. The Labute approximate surface area is 103 Å². The maximum atomic E-state index is 12.1. The standard InChI is InChI=1S/C14H20N2O/c1-12-10-15(2)8-9-16(12)11-14(17)13-6-4-3-5-7-13/h3-7,12H,8-11H2,1-2H3. The summed E-state index contributed by atoms with van der Waals surface area (Å²) in [6, 6.07) is 10.0. The number of carbonyl (C=O) groups is 1. The van der Waals surface area contributed by atoms with E-state index in [0.717, 1.165) is 25.2 Å². The number of benzene rings is 1. The maximum Gasteiger partial charge on any atom is 0.176 e. The SMILES string of the molecule is CC1CN(C)CCN1CC(=O)c1ccccc1. The second kappa shape index (κ2) is 5.43. The zero-order valence-electron chi connectivity index (χ0n) is 10.6. The molecule has 1 saturated heterocycles. The van der Waals surface area contributed by atoms with E-state index in [9.17, 15) is 4.79 Å². The van der Waals surface area contributed by atoms with Crippen LogP contribution in [0.2, 0.25) is 0 Å². The fraction of sp³-hybridized carbons (Fsp3) is 0.500. The molecular weight excluding hydrogens is 212 g/mol. The molecule has 17 heavy (non-hydrogen) atoms. The number of hydrogen-bond acceptors (Lipinski definition) is 3. The van der Waals surface area contributed by atoms with Gasteiger partial charge in [-0.1, -0.05) is 30.3 Å². The van der Waals surface area contributed by atoms with Crippen LogP contribution in [0, 0.1) is 0 Å². The summed E-state index contributed by atoms with van der Waals surface area (Å²) in [6.45, 7) is 5.80. The van der Waals surface area contributed by atoms with E-state index in [1.165, 1.54) is 0 Å². The Morgan fingerprint density at radius 1 is 1.29 bits per heavy atom. The molecule has 1 aliphatic heterocycles. The summed E-state index contributed by atoms with van der Waals surface area (Å²) in [5, 5.41) is 0. The molecule has 0 amide bonds. The minimum atomic E-state index is 0.224. The van der Waals surface area contributed by atoms with E-state index in [1.807, 2.05) is 30.3 Å². The first-order valence-electron chi connectivity index (χ1n) is 6.17. The van der Waals surface area contributed by atoms with Crippen LogP contribution in [-0.2, 0) is 0 Å². The molecule has 3 nitrogen and oxygen atoms in total. The summed E-state index contributed by atoms with van der Waals surface area (Å²) in [4.78, 5) is 16.7. The molecule has 92 valence electrons. The van der Waals surface area contributed by atoms with Crippen molar-refractivity contribution < 1.29 is 4.79 Å². The van der Waals surface area contributed by atoms with Crippen LogP contribution in [0.1, 0.15) is 17.3 Å². The molecule has 2 rings (SSSR count). The molecule has 0 N–H and O–H groups in total. The first-order valence-corrected chi connectivity index (χ1v) is 6.17. The van der Waals surface area contributed by atoms with Crippen molar-refractivity contribution in [3.05, 3.63) is 35.9 Å². The average Bonchev–Trinajstić information content (AvgIpc) is 2.34. The first kappa shape index (κ1) is 12.3. The van der Waals surface area contributed by atoms with Crippen LogP contribution in [0.5, 0.6) is 0 Å². The van der Waals surface area contributed by atoms with Crippen LogP contribution in [0.15, 0.2) is 30.3 Å². The van der Waals surface area contributed by atoms with Gasteiger partial charge in [0.1, 0.15) is 0 Å². The van der Waals surface area contributed by atoms with Crippen molar-refractivity contribution in [3.8, 4) is 0 Å². The molecule has 1 atom stereocenters. The minimum Gasteiger partial charge on any atom is -0.304 e. The highest BCUT2D eigenvalue weighted by Gasteiger charge is 2.23. The third-order valence-corrected chi connectivity index (χ3v) is 3.41. The van der Waals surface area contributed by atoms with Crippen molar-refractivity contribution >= 4 is 5.78 Å². The molecule has 0 spiro atoms. The first-order chi connectivity index (χ1) is 8.16. The molecule has 0 saturated carbocycles. The van der Waals surface area contributed by atoms with Crippen molar-refractivity contribution in [2.75, 3.05) is 33.2 Å². The van der Waals surface area contributed by atoms with Gasteiger partial charge in [0.05, 0.1) is 6.54 Å². The number of nitrogens with zero attached hydrogens (tertiary/aromatic N) is 2. The summed E-state index contributed by atoms with van der Waals surface area (Å²) < 4.78 is 0. The van der Waals surface area contributed by atoms with Gasteiger partial charge in [0.2, 0.25) is 0 Å². The Bertz CT molecular complexity index is 377. The van der Waals surface area contributed by atoms with Gasteiger partial charge >= 0.3 is 0 Å². The molecule has 1 aliphatic rings. The quantitative estimate of drug-likeness (QED) is 0.738. The zero-order valence-corrected chi connectivity index (χ0v) is 10.6. The highest BCUT2D eigenvalue weighted by molar-refractivity contribution is 5.97. The molecule has 1 unspecified atom stereocenters. The second-order valence-corrected chi connectivity index (χ2v) is 4.87. The van der Waals surface area contributed by atoms with Crippen LogP contribution in [0.3, 0.4) is 0 Å². The number of carbonyl (C=O) groups excluding carboxylic acids is 1. The zero-order chi connectivity index (χ0) is 12.3. The monoisotopic (exact) mass is 232 g/mol. The lowest BCUT2D eigenvalue weighted by Gasteiger charge is -2.37. The number of Topliss-reactive ketones (excluding diaryl/α,β-unsaturated/α-hetero) is 1. The number of likely N-dealkylation sites (N-methyl/N-ethyl adjacent to an activating group) is 1. The van der Waals surface area contributed by atoms with Gasteiger partial charge in [0.25, 0.3) is 0 Å². The van der Waals surface area contributed by atoms with Gasteiger partial charge in [-0.3, -0.25) is 9.69 Å². The van der Waals surface area contributed by atoms with Gasteiger partial charge in [-0.2, -0.15) is 0 Å². The van der Waals surface area contributed by atoms with E-state index in [1.54, 1.807) is 0 Å². The molecule has 1 aromatic carbocycles. The van der Waals surface area contributed by atoms with Gasteiger partial charge in [0.15, 0.2) is 5.78 Å². The van der Waals surface area contributed by atoms with E-state index in [4.69, 9.17) is 0 Å². The van der Waals surface area contributed by atoms with E-state index >= 15 is 0 Å². The van der Waals surface area contributed by atoms with E-state index in [-0.39, 0.29) is 5.78 Å².